The van der Waals surface area contributed by atoms with Crippen molar-refractivity contribution in [1.82, 2.24) is 9.97 Å². The molecule has 5 heteroatoms. The van der Waals surface area contributed by atoms with Crippen LogP contribution in [0, 0.1) is 0 Å². The first kappa shape index (κ1) is 12.7. The fourth-order valence-corrected chi connectivity index (χ4v) is 2.27. The number of esters is 1. The van der Waals surface area contributed by atoms with Gasteiger partial charge in [-0.15, -0.1) is 0 Å². The third kappa shape index (κ3) is 2.14. The molecule has 0 aliphatic carbocycles. The number of nitrogens with one attached hydrogen (secondary N) is 1. The zero-order valence-corrected chi connectivity index (χ0v) is 11.4. The van der Waals surface area contributed by atoms with Crippen molar-refractivity contribution in [1.29, 1.82) is 0 Å². The summed E-state index contributed by atoms with van der Waals surface area (Å²) < 4.78 is 4.76. The Bertz CT molecular complexity index is 795. The molecule has 2 aromatic carbocycles. The highest BCUT2D eigenvalue weighted by Gasteiger charge is 2.14. The van der Waals surface area contributed by atoms with E-state index in [0.717, 1.165) is 11.1 Å². The van der Waals surface area contributed by atoms with Gasteiger partial charge in [0.2, 0.25) is 0 Å². The molecule has 0 saturated carbocycles. The van der Waals surface area contributed by atoms with Gasteiger partial charge in [0.25, 0.3) is 0 Å². The minimum Gasteiger partial charge on any atom is -0.465 e. The molecule has 3 aromatic rings. The summed E-state index contributed by atoms with van der Waals surface area (Å²) in [4.78, 5) is 19.4. The minimum absolute atomic E-state index is 0.403. The monoisotopic (exact) mass is 286 g/mol. The molecule has 0 bridgehead atoms. The van der Waals surface area contributed by atoms with Crippen LogP contribution in [-0.2, 0) is 4.74 Å². The summed E-state index contributed by atoms with van der Waals surface area (Å²) in [6.07, 6.45) is 0. The summed E-state index contributed by atoms with van der Waals surface area (Å²) in [5, 5.41) is 0.635. The molecule has 1 heterocycles. The van der Waals surface area contributed by atoms with Gasteiger partial charge in [-0.1, -0.05) is 29.8 Å². The fraction of sp³-hybridized carbons (Fsp3) is 0.0667. The van der Waals surface area contributed by atoms with E-state index in [9.17, 15) is 4.79 Å². The maximum Gasteiger partial charge on any atom is 0.340 e. The molecule has 0 radical (unpaired) electrons. The zero-order chi connectivity index (χ0) is 14.1. The Balaban J connectivity index is 2.18. The van der Waals surface area contributed by atoms with E-state index in [1.807, 2.05) is 24.3 Å². The van der Waals surface area contributed by atoms with Crippen molar-refractivity contribution in [2.45, 2.75) is 0 Å². The number of para-hydroxylation sites is 1. The fourth-order valence-electron chi connectivity index (χ4n) is 2.08. The van der Waals surface area contributed by atoms with Gasteiger partial charge in [0.15, 0.2) is 0 Å². The molecule has 0 atom stereocenters. The lowest BCUT2D eigenvalue weighted by Crippen LogP contribution is -2.01. The number of benzene rings is 2. The van der Waals surface area contributed by atoms with Gasteiger partial charge < -0.3 is 9.72 Å². The molecule has 0 aliphatic heterocycles. The molecule has 4 nitrogen and oxygen atoms in total. The van der Waals surface area contributed by atoms with Gasteiger partial charge in [-0.2, -0.15) is 0 Å². The predicted molar refractivity (Wildman–Crippen MR) is 77.9 cm³/mol. The molecule has 0 aliphatic rings. The highest BCUT2D eigenvalue weighted by Crippen LogP contribution is 2.25. The number of hydrogen-bond donors (Lipinski definition) is 1. The molecule has 3 rings (SSSR count). The minimum atomic E-state index is -0.403. The molecule has 0 unspecified atom stereocenters. The highest BCUT2D eigenvalue weighted by molar-refractivity contribution is 6.30. The molecular formula is C15H11ClN2O2. The molecule has 20 heavy (non-hydrogen) atoms. The van der Waals surface area contributed by atoms with Crippen LogP contribution in [0.1, 0.15) is 10.4 Å². The topological polar surface area (TPSA) is 55.0 Å². The summed E-state index contributed by atoms with van der Waals surface area (Å²) in [7, 11) is 1.35. The van der Waals surface area contributed by atoms with Crippen LogP contribution in [0.3, 0.4) is 0 Å². The summed E-state index contributed by atoms with van der Waals surface area (Å²) in [5.41, 5.74) is 2.68. The van der Waals surface area contributed by atoms with E-state index in [1.165, 1.54) is 7.11 Å². The van der Waals surface area contributed by atoms with Crippen molar-refractivity contribution in [2.75, 3.05) is 7.11 Å². The van der Waals surface area contributed by atoms with Crippen molar-refractivity contribution >= 4 is 28.6 Å². The van der Waals surface area contributed by atoms with Gasteiger partial charge in [0.1, 0.15) is 11.3 Å². The Morgan fingerprint density at radius 1 is 1.25 bits per heavy atom. The summed E-state index contributed by atoms with van der Waals surface area (Å²) >= 11 is 5.98. The van der Waals surface area contributed by atoms with Crippen molar-refractivity contribution in [3.05, 3.63) is 53.1 Å². The Morgan fingerprint density at radius 3 is 2.80 bits per heavy atom. The zero-order valence-electron chi connectivity index (χ0n) is 10.7. The second kappa shape index (κ2) is 4.98. The Labute approximate surface area is 120 Å². The largest absolute Gasteiger partial charge is 0.465 e. The van der Waals surface area contributed by atoms with Crippen molar-refractivity contribution in [2.24, 2.45) is 0 Å². The van der Waals surface area contributed by atoms with Gasteiger partial charge in [-0.05, 0) is 24.3 Å². The number of aromatic nitrogens is 2. The van der Waals surface area contributed by atoms with Gasteiger partial charge in [-0.25, -0.2) is 9.78 Å². The van der Waals surface area contributed by atoms with Crippen molar-refractivity contribution < 1.29 is 9.53 Å². The number of nitrogens with zero attached hydrogens (tertiary/aromatic N) is 1. The van der Waals surface area contributed by atoms with E-state index in [-0.39, 0.29) is 0 Å². The molecule has 1 N–H and O–H groups in total. The van der Waals surface area contributed by atoms with E-state index >= 15 is 0 Å². The van der Waals surface area contributed by atoms with Crippen LogP contribution < -0.4 is 0 Å². The molecule has 0 saturated heterocycles. The third-order valence-corrected chi connectivity index (χ3v) is 3.25. The van der Waals surface area contributed by atoms with E-state index in [2.05, 4.69) is 9.97 Å². The van der Waals surface area contributed by atoms with Gasteiger partial charge in [-0.3, -0.25) is 0 Å². The van der Waals surface area contributed by atoms with Gasteiger partial charge in [0, 0.05) is 10.6 Å². The average molecular weight is 287 g/mol. The number of fused-ring (bicyclic) bond motifs is 1. The number of imidazole rings is 1. The smallest absolute Gasteiger partial charge is 0.340 e. The van der Waals surface area contributed by atoms with E-state index < -0.39 is 5.97 Å². The van der Waals surface area contributed by atoms with Crippen LogP contribution in [0.2, 0.25) is 5.02 Å². The number of carbonyl (C=O) groups excluding carboxylic acids is 1. The summed E-state index contributed by atoms with van der Waals surface area (Å²) in [6.45, 7) is 0. The lowest BCUT2D eigenvalue weighted by Gasteiger charge is -1.98. The first-order valence-corrected chi connectivity index (χ1v) is 6.40. The number of H-pyrrole nitrogens is 1. The molecule has 1 aromatic heterocycles. The molecular weight excluding hydrogens is 276 g/mol. The highest BCUT2D eigenvalue weighted by atomic mass is 35.5. The number of carbonyl (C=O) groups is 1. The maximum absolute atomic E-state index is 11.7. The Morgan fingerprint density at radius 2 is 2.05 bits per heavy atom. The van der Waals surface area contributed by atoms with Crippen molar-refractivity contribution in [3.63, 3.8) is 0 Å². The van der Waals surface area contributed by atoms with Crippen LogP contribution >= 0.6 is 11.6 Å². The van der Waals surface area contributed by atoms with Gasteiger partial charge in [0.05, 0.1) is 18.2 Å². The van der Waals surface area contributed by atoms with Crippen LogP contribution in [0.25, 0.3) is 22.4 Å². The van der Waals surface area contributed by atoms with Gasteiger partial charge >= 0.3 is 5.97 Å². The van der Waals surface area contributed by atoms with Crippen LogP contribution in [0.15, 0.2) is 42.5 Å². The quantitative estimate of drug-likeness (QED) is 0.731. The van der Waals surface area contributed by atoms with E-state index in [1.54, 1.807) is 18.2 Å². The molecule has 100 valence electrons. The molecule has 0 amide bonds. The summed E-state index contributed by atoms with van der Waals surface area (Å²) in [6, 6.07) is 12.7. The van der Waals surface area contributed by atoms with Crippen LogP contribution in [0.4, 0.5) is 0 Å². The lowest BCUT2D eigenvalue weighted by atomic mass is 10.2. The number of ether oxygens (including phenoxy) is 1. The third-order valence-electron chi connectivity index (χ3n) is 3.02. The average Bonchev–Trinajstić information content (AvgIpc) is 2.90. The first-order valence-electron chi connectivity index (χ1n) is 6.02. The van der Waals surface area contributed by atoms with Crippen LogP contribution in [-0.4, -0.2) is 23.0 Å². The predicted octanol–water partition coefficient (Wildman–Crippen LogP) is 3.67. The number of methoxy groups -OCH3 is 1. The molecule has 0 fully saturated rings. The number of halogens is 1. The number of rotatable bonds is 2. The second-order valence-corrected chi connectivity index (χ2v) is 4.73. The standard InChI is InChI=1S/C15H11ClN2O2/c1-20-15(19)11-6-3-7-12-13(11)18-14(17-12)9-4-2-5-10(16)8-9/h2-8H,1H3,(H,17,18). The van der Waals surface area contributed by atoms with Crippen LogP contribution in [0.5, 0.6) is 0 Å². The maximum atomic E-state index is 11.7. The SMILES string of the molecule is COC(=O)c1cccc2[nH]c(-c3cccc(Cl)c3)nc12. The summed E-state index contributed by atoms with van der Waals surface area (Å²) in [5.74, 6) is 0.263. The number of aromatic amines is 1. The van der Waals surface area contributed by atoms with Crippen molar-refractivity contribution in [3.8, 4) is 11.4 Å². The lowest BCUT2D eigenvalue weighted by molar-refractivity contribution is 0.0603. The number of hydrogen-bond acceptors (Lipinski definition) is 3. The Kier molecular flexibility index (Phi) is 3.16. The van der Waals surface area contributed by atoms with E-state index in [0.29, 0.717) is 21.9 Å². The normalized spacial score (nSPS) is 10.7. The molecule has 0 spiro atoms. The first-order chi connectivity index (χ1) is 9.69. The second-order valence-electron chi connectivity index (χ2n) is 4.29. The van der Waals surface area contributed by atoms with E-state index in [4.69, 9.17) is 16.3 Å². The Hall–Kier alpha value is -2.33.